The lowest BCUT2D eigenvalue weighted by Gasteiger charge is -2.20. The summed E-state index contributed by atoms with van der Waals surface area (Å²) in [5, 5.41) is 19.2. The molecule has 3 unspecified atom stereocenters. The van der Waals surface area contributed by atoms with Gasteiger partial charge in [0.05, 0.1) is 26.4 Å². The van der Waals surface area contributed by atoms with Crippen molar-refractivity contribution in [2.45, 2.75) is 251 Å². The first-order valence-electron chi connectivity index (χ1n) is 24.1. The molecule has 0 aliphatic heterocycles. The number of allylic oxidation sites excluding steroid dienone is 2. The first-order chi connectivity index (χ1) is 28.3. The molecule has 0 aliphatic carbocycles. The number of aliphatic hydroxyl groups is 2. The fourth-order valence-corrected chi connectivity index (χ4v) is 7.78. The van der Waals surface area contributed by atoms with Crippen molar-refractivity contribution < 1.29 is 47.8 Å². The lowest BCUT2D eigenvalue weighted by Crippen LogP contribution is -2.28. The second kappa shape index (κ2) is 43.8. The molecule has 0 saturated carbocycles. The van der Waals surface area contributed by atoms with Gasteiger partial charge in [0.15, 0.2) is 0 Å². The number of esters is 2. The van der Waals surface area contributed by atoms with E-state index in [1.165, 1.54) is 141 Å². The average Bonchev–Trinajstić information content (AvgIpc) is 3.21. The van der Waals surface area contributed by atoms with E-state index in [1.807, 2.05) is 0 Å². The Kier molecular flexibility index (Phi) is 42.8. The van der Waals surface area contributed by atoms with Gasteiger partial charge in [0.25, 0.3) is 0 Å². The lowest BCUT2D eigenvalue weighted by molar-refractivity contribution is -0.153. The van der Waals surface area contributed by atoms with Gasteiger partial charge in [-0.05, 0) is 38.5 Å². The molecule has 0 heterocycles. The molecular formula is C47H91O10P. The van der Waals surface area contributed by atoms with Crippen molar-refractivity contribution in [1.29, 1.82) is 0 Å². The number of unbranched alkanes of at least 4 members (excludes halogenated alkanes) is 30. The van der Waals surface area contributed by atoms with Crippen molar-refractivity contribution >= 4 is 19.8 Å². The van der Waals surface area contributed by atoms with Crippen LogP contribution < -0.4 is 0 Å². The molecule has 0 aromatic heterocycles. The van der Waals surface area contributed by atoms with Gasteiger partial charge in [-0.3, -0.25) is 18.6 Å². The molecule has 0 aromatic rings. The van der Waals surface area contributed by atoms with Crippen LogP contribution in [0.25, 0.3) is 0 Å². The molecular weight excluding hydrogens is 755 g/mol. The van der Waals surface area contributed by atoms with Crippen LogP contribution in [0.15, 0.2) is 12.2 Å². The van der Waals surface area contributed by atoms with Crippen LogP contribution in [0.3, 0.4) is 0 Å². The number of phosphoric acid groups is 1. The van der Waals surface area contributed by atoms with Gasteiger partial charge in [0.1, 0.15) is 12.2 Å². The lowest BCUT2D eigenvalue weighted by atomic mass is 10.0. The Labute approximate surface area is 356 Å². The minimum atomic E-state index is -4.63. The maximum atomic E-state index is 12.4. The molecule has 58 heavy (non-hydrogen) atoms. The SMILES string of the molecule is CCCCCC/C=C\CCCCCCCC(=O)OC(CO)COP(=O)(O)OCC(CO)OC(=O)CCCCCCCCCCCCCCCCCCCCCCCC. The largest absolute Gasteiger partial charge is 0.472 e. The molecule has 0 aliphatic rings. The monoisotopic (exact) mass is 847 g/mol. The van der Waals surface area contributed by atoms with E-state index in [1.54, 1.807) is 0 Å². The van der Waals surface area contributed by atoms with E-state index in [9.17, 15) is 29.3 Å². The van der Waals surface area contributed by atoms with Crippen LogP contribution in [0.2, 0.25) is 0 Å². The van der Waals surface area contributed by atoms with E-state index in [-0.39, 0.29) is 12.8 Å². The van der Waals surface area contributed by atoms with Gasteiger partial charge < -0.3 is 24.6 Å². The van der Waals surface area contributed by atoms with Crippen LogP contribution in [0.4, 0.5) is 0 Å². The Hall–Kier alpha value is -1.29. The van der Waals surface area contributed by atoms with Gasteiger partial charge in [0.2, 0.25) is 0 Å². The molecule has 0 aromatic carbocycles. The van der Waals surface area contributed by atoms with Crippen LogP contribution in [0.1, 0.15) is 239 Å². The third kappa shape index (κ3) is 41.4. The fourth-order valence-electron chi connectivity index (χ4n) is 6.99. The second-order valence-electron chi connectivity index (χ2n) is 16.5. The topological polar surface area (TPSA) is 149 Å². The zero-order valence-corrected chi connectivity index (χ0v) is 38.4. The highest BCUT2D eigenvalue weighted by Crippen LogP contribution is 2.43. The molecule has 0 fully saturated rings. The summed E-state index contributed by atoms with van der Waals surface area (Å²) in [4.78, 5) is 34.6. The Bertz CT molecular complexity index is 977. The molecule has 0 bridgehead atoms. The molecule has 0 rings (SSSR count). The van der Waals surface area contributed by atoms with Crippen molar-refractivity contribution in [3.8, 4) is 0 Å². The van der Waals surface area contributed by atoms with Crippen LogP contribution in [-0.4, -0.2) is 65.7 Å². The molecule has 10 nitrogen and oxygen atoms in total. The summed E-state index contributed by atoms with van der Waals surface area (Å²) in [6.07, 6.45) is 43.4. The summed E-state index contributed by atoms with van der Waals surface area (Å²) in [6, 6.07) is 0. The molecule has 0 spiro atoms. The van der Waals surface area contributed by atoms with E-state index in [2.05, 4.69) is 26.0 Å². The first kappa shape index (κ1) is 56.7. The number of phosphoric ester groups is 1. The van der Waals surface area contributed by atoms with Gasteiger partial charge in [-0.1, -0.05) is 199 Å². The van der Waals surface area contributed by atoms with Gasteiger partial charge >= 0.3 is 19.8 Å². The summed E-state index contributed by atoms with van der Waals surface area (Å²) in [6.45, 7) is 2.22. The van der Waals surface area contributed by atoms with Crippen LogP contribution in [-0.2, 0) is 32.7 Å². The Morgan fingerprint density at radius 3 is 1.00 bits per heavy atom. The van der Waals surface area contributed by atoms with Gasteiger partial charge in [0, 0.05) is 12.8 Å². The number of hydrogen-bond donors (Lipinski definition) is 3. The minimum Gasteiger partial charge on any atom is -0.457 e. The van der Waals surface area contributed by atoms with Crippen molar-refractivity contribution in [2.24, 2.45) is 0 Å². The number of hydrogen-bond acceptors (Lipinski definition) is 9. The average molecular weight is 847 g/mol. The van der Waals surface area contributed by atoms with Crippen LogP contribution in [0.5, 0.6) is 0 Å². The number of carbonyl (C=O) groups is 2. The maximum absolute atomic E-state index is 12.4. The standard InChI is InChI=1S/C47H91O10P/c1-3-5-7-9-11-13-15-17-18-19-20-21-22-23-24-25-27-29-31-33-35-37-39-47(51)57-45(41-49)43-55-58(52,53)54-42-44(40-48)56-46(50)38-36-34-32-30-28-26-16-14-12-10-8-6-4-2/h14,16,44-45,48-49H,3-13,15,17-43H2,1-2H3,(H,52,53)/b16-14-. The van der Waals surface area contributed by atoms with E-state index < -0.39 is 58.4 Å². The van der Waals surface area contributed by atoms with E-state index in [0.717, 1.165) is 57.8 Å². The normalized spacial score (nSPS) is 13.8. The van der Waals surface area contributed by atoms with Crippen LogP contribution >= 0.6 is 7.82 Å². The molecule has 0 amide bonds. The predicted octanol–water partition coefficient (Wildman–Crippen LogP) is 13.2. The van der Waals surface area contributed by atoms with Crippen molar-refractivity contribution in [1.82, 2.24) is 0 Å². The highest BCUT2D eigenvalue weighted by Gasteiger charge is 2.27. The summed E-state index contributed by atoms with van der Waals surface area (Å²) in [5.41, 5.74) is 0. The molecule has 3 N–H and O–H groups in total. The second-order valence-corrected chi connectivity index (χ2v) is 17.9. The summed E-state index contributed by atoms with van der Waals surface area (Å²) < 4.78 is 32.6. The van der Waals surface area contributed by atoms with E-state index in [0.29, 0.717) is 12.8 Å². The third-order valence-electron chi connectivity index (χ3n) is 10.7. The predicted molar refractivity (Wildman–Crippen MR) is 238 cm³/mol. The van der Waals surface area contributed by atoms with Gasteiger partial charge in [-0.15, -0.1) is 0 Å². The zero-order valence-electron chi connectivity index (χ0n) is 37.5. The molecule has 0 saturated heterocycles. The molecule has 11 heteroatoms. The quantitative estimate of drug-likeness (QED) is 0.0234. The molecule has 344 valence electrons. The smallest absolute Gasteiger partial charge is 0.457 e. The summed E-state index contributed by atoms with van der Waals surface area (Å²) in [7, 11) is -4.63. The van der Waals surface area contributed by atoms with Gasteiger partial charge in [-0.2, -0.15) is 0 Å². The van der Waals surface area contributed by atoms with Crippen molar-refractivity contribution in [2.75, 3.05) is 26.4 Å². The summed E-state index contributed by atoms with van der Waals surface area (Å²) >= 11 is 0. The Balaban J connectivity index is 3.81. The highest BCUT2D eigenvalue weighted by atomic mass is 31.2. The van der Waals surface area contributed by atoms with Crippen molar-refractivity contribution in [3.05, 3.63) is 12.2 Å². The summed E-state index contributed by atoms with van der Waals surface area (Å²) in [5.74, 6) is -1.02. The highest BCUT2D eigenvalue weighted by molar-refractivity contribution is 7.47. The number of rotatable bonds is 46. The Morgan fingerprint density at radius 2 is 0.707 bits per heavy atom. The first-order valence-corrected chi connectivity index (χ1v) is 25.6. The molecule has 3 atom stereocenters. The maximum Gasteiger partial charge on any atom is 0.472 e. The minimum absolute atomic E-state index is 0.185. The number of carbonyl (C=O) groups excluding carboxylic acids is 2. The van der Waals surface area contributed by atoms with Gasteiger partial charge in [-0.25, -0.2) is 4.57 Å². The number of aliphatic hydroxyl groups excluding tert-OH is 2. The fraction of sp³-hybridized carbons (Fsp3) is 0.915. The third-order valence-corrected chi connectivity index (χ3v) is 11.7. The molecule has 0 radical (unpaired) electrons. The number of ether oxygens (including phenoxy) is 2. The van der Waals surface area contributed by atoms with Crippen molar-refractivity contribution in [3.63, 3.8) is 0 Å². The van der Waals surface area contributed by atoms with E-state index >= 15 is 0 Å². The zero-order chi connectivity index (χ0) is 42.6. The van der Waals surface area contributed by atoms with E-state index in [4.69, 9.17) is 18.5 Å². The van der Waals surface area contributed by atoms with Crippen LogP contribution in [0, 0.1) is 0 Å². The Morgan fingerprint density at radius 1 is 0.448 bits per heavy atom.